The quantitative estimate of drug-likeness (QED) is 0.636. The molecule has 2 aromatic rings. The van der Waals surface area contributed by atoms with Gasteiger partial charge in [-0.15, -0.1) is 0 Å². The summed E-state index contributed by atoms with van der Waals surface area (Å²) < 4.78 is 26.8. The van der Waals surface area contributed by atoms with Crippen molar-refractivity contribution in [3.8, 4) is 11.5 Å². The van der Waals surface area contributed by atoms with Crippen molar-refractivity contribution in [1.29, 1.82) is 0 Å². The largest absolute Gasteiger partial charge is 0.468 e. The lowest BCUT2D eigenvalue weighted by atomic mass is 10.2. The highest BCUT2D eigenvalue weighted by Gasteiger charge is 2.21. The van der Waals surface area contributed by atoms with Gasteiger partial charge in [-0.3, -0.25) is 4.90 Å². The summed E-state index contributed by atoms with van der Waals surface area (Å²) in [4.78, 5) is 4.69. The van der Waals surface area contributed by atoms with Gasteiger partial charge >= 0.3 is 0 Å². The molecule has 1 aromatic heterocycles. The van der Waals surface area contributed by atoms with Gasteiger partial charge in [0.05, 0.1) is 18.5 Å². The maximum absolute atomic E-state index is 5.73. The fourth-order valence-corrected chi connectivity index (χ4v) is 2.98. The second kappa shape index (κ2) is 9.47. The minimum atomic E-state index is 0.212. The number of benzene rings is 1. The summed E-state index contributed by atoms with van der Waals surface area (Å²) in [6, 6.07) is 9.72. The van der Waals surface area contributed by atoms with Gasteiger partial charge in [0, 0.05) is 46.5 Å². The van der Waals surface area contributed by atoms with Crippen LogP contribution in [0.2, 0.25) is 0 Å². The number of hydrogen-bond donors (Lipinski definition) is 0. The molecule has 0 saturated carbocycles. The monoisotopic (exact) mass is 362 g/mol. The lowest BCUT2D eigenvalue weighted by Gasteiger charge is -2.36. The van der Waals surface area contributed by atoms with E-state index in [1.807, 2.05) is 30.3 Å². The van der Waals surface area contributed by atoms with E-state index in [2.05, 4.69) is 9.80 Å². The highest BCUT2D eigenvalue weighted by atomic mass is 16.7. The smallest absolute Gasteiger partial charge is 0.188 e. The summed E-state index contributed by atoms with van der Waals surface area (Å²) in [5, 5.41) is 0. The van der Waals surface area contributed by atoms with Gasteiger partial charge in [-0.05, 0) is 24.3 Å². The van der Waals surface area contributed by atoms with Crippen LogP contribution in [-0.4, -0.2) is 58.9 Å². The summed E-state index contributed by atoms with van der Waals surface area (Å²) in [6.45, 7) is 4.97. The van der Waals surface area contributed by atoms with Crippen LogP contribution in [0.3, 0.4) is 0 Å². The zero-order chi connectivity index (χ0) is 18.2. The minimum absolute atomic E-state index is 0.212. The molecular weight excluding hydrogens is 336 g/mol. The fraction of sp³-hybridized carbons (Fsp3) is 0.474. The van der Waals surface area contributed by atoms with Crippen LogP contribution in [-0.2, 0) is 16.0 Å². The van der Waals surface area contributed by atoms with Crippen molar-refractivity contribution in [3.63, 3.8) is 0 Å². The predicted molar refractivity (Wildman–Crippen MR) is 97.6 cm³/mol. The molecule has 7 heteroatoms. The summed E-state index contributed by atoms with van der Waals surface area (Å²) >= 11 is 0. The normalized spacial score (nSPS) is 15.2. The van der Waals surface area contributed by atoms with Crippen molar-refractivity contribution in [2.75, 3.05) is 58.9 Å². The van der Waals surface area contributed by atoms with E-state index in [-0.39, 0.29) is 13.6 Å². The summed E-state index contributed by atoms with van der Waals surface area (Å²) in [5.41, 5.74) is 1.01. The van der Waals surface area contributed by atoms with Gasteiger partial charge in [-0.25, -0.2) is 0 Å². The number of piperazine rings is 1. The van der Waals surface area contributed by atoms with E-state index in [1.54, 1.807) is 20.5 Å². The molecule has 0 spiro atoms. The van der Waals surface area contributed by atoms with Crippen molar-refractivity contribution in [2.24, 2.45) is 0 Å². The number of nitrogens with zero attached hydrogens (tertiary/aromatic N) is 2. The molecule has 1 aliphatic heterocycles. The summed E-state index contributed by atoms with van der Waals surface area (Å²) in [7, 11) is 3.22. The van der Waals surface area contributed by atoms with Gasteiger partial charge in [0.2, 0.25) is 0 Å². The Morgan fingerprint density at radius 1 is 0.962 bits per heavy atom. The van der Waals surface area contributed by atoms with E-state index >= 15 is 0 Å². The van der Waals surface area contributed by atoms with Crippen LogP contribution in [0.15, 0.2) is 41.0 Å². The predicted octanol–water partition coefficient (Wildman–Crippen LogP) is 2.57. The van der Waals surface area contributed by atoms with Crippen molar-refractivity contribution in [1.82, 2.24) is 4.90 Å². The van der Waals surface area contributed by atoms with Crippen molar-refractivity contribution >= 4 is 5.69 Å². The highest BCUT2D eigenvalue weighted by molar-refractivity contribution is 5.62. The first kappa shape index (κ1) is 18.6. The molecule has 7 nitrogen and oxygen atoms in total. The van der Waals surface area contributed by atoms with Crippen LogP contribution in [0.25, 0.3) is 0 Å². The van der Waals surface area contributed by atoms with E-state index in [9.17, 15) is 0 Å². The molecular formula is C19H26N2O5. The van der Waals surface area contributed by atoms with Gasteiger partial charge in [0.25, 0.3) is 0 Å². The minimum Gasteiger partial charge on any atom is -0.468 e. The number of anilines is 1. The van der Waals surface area contributed by atoms with Crippen LogP contribution < -0.4 is 14.4 Å². The average molecular weight is 362 g/mol. The fourth-order valence-electron chi connectivity index (χ4n) is 2.98. The topological polar surface area (TPSA) is 56.5 Å². The first-order valence-electron chi connectivity index (χ1n) is 8.67. The van der Waals surface area contributed by atoms with E-state index in [0.29, 0.717) is 0 Å². The first-order valence-corrected chi connectivity index (χ1v) is 8.67. The van der Waals surface area contributed by atoms with Gasteiger partial charge in [-0.2, -0.15) is 0 Å². The Morgan fingerprint density at radius 3 is 2.42 bits per heavy atom. The molecule has 1 aliphatic rings. The average Bonchev–Trinajstić information content (AvgIpc) is 3.18. The lowest BCUT2D eigenvalue weighted by molar-refractivity contribution is 0.0485. The Hall–Kier alpha value is -2.22. The molecule has 0 bridgehead atoms. The molecule has 2 heterocycles. The Kier molecular flexibility index (Phi) is 6.76. The van der Waals surface area contributed by atoms with Crippen LogP contribution in [0.5, 0.6) is 11.5 Å². The molecule has 0 radical (unpaired) electrons. The number of hydrogen-bond acceptors (Lipinski definition) is 7. The van der Waals surface area contributed by atoms with Crippen LogP contribution in [0, 0.1) is 0 Å². The third kappa shape index (κ3) is 4.91. The van der Waals surface area contributed by atoms with Gasteiger partial charge < -0.3 is 28.3 Å². The Balaban J connectivity index is 1.66. The van der Waals surface area contributed by atoms with E-state index in [0.717, 1.165) is 55.7 Å². The molecule has 1 aromatic carbocycles. The molecule has 1 saturated heterocycles. The van der Waals surface area contributed by atoms with Crippen molar-refractivity contribution in [3.05, 3.63) is 42.4 Å². The zero-order valence-electron chi connectivity index (χ0n) is 15.3. The molecule has 0 amide bonds. The highest BCUT2D eigenvalue weighted by Crippen LogP contribution is 2.33. The number of furan rings is 1. The van der Waals surface area contributed by atoms with Gasteiger partial charge in [0.1, 0.15) is 17.3 Å². The van der Waals surface area contributed by atoms with E-state index in [1.165, 1.54) is 0 Å². The Bertz CT molecular complexity index is 654. The van der Waals surface area contributed by atoms with Gasteiger partial charge in [0.15, 0.2) is 13.6 Å². The second-order valence-corrected chi connectivity index (χ2v) is 6.07. The maximum Gasteiger partial charge on any atom is 0.188 e. The standard InChI is InChI=1S/C19H26N2O5/c1-22-14-25-16-5-6-19(26-15-23-2)18(12-16)21-9-7-20(8-10-21)13-17-4-3-11-24-17/h3-6,11-12H,7-10,13-15H2,1-2H3. The Labute approximate surface area is 154 Å². The molecule has 0 N–H and O–H groups in total. The van der Waals surface area contributed by atoms with Crippen molar-refractivity contribution < 1.29 is 23.4 Å². The molecule has 142 valence electrons. The van der Waals surface area contributed by atoms with Crippen LogP contribution >= 0.6 is 0 Å². The zero-order valence-corrected chi connectivity index (χ0v) is 15.3. The first-order chi connectivity index (χ1) is 12.8. The summed E-state index contributed by atoms with van der Waals surface area (Å²) in [6.07, 6.45) is 1.72. The molecule has 0 unspecified atom stereocenters. The van der Waals surface area contributed by atoms with Crippen LogP contribution in [0.4, 0.5) is 5.69 Å². The second-order valence-electron chi connectivity index (χ2n) is 6.07. The number of rotatable bonds is 9. The third-order valence-corrected chi connectivity index (χ3v) is 4.28. The molecule has 3 rings (SSSR count). The van der Waals surface area contributed by atoms with Gasteiger partial charge in [-0.1, -0.05) is 0 Å². The lowest BCUT2D eigenvalue weighted by Crippen LogP contribution is -2.46. The maximum atomic E-state index is 5.73. The Morgan fingerprint density at radius 2 is 1.73 bits per heavy atom. The molecule has 1 fully saturated rings. The summed E-state index contributed by atoms with van der Waals surface area (Å²) in [5.74, 6) is 2.54. The number of ether oxygens (including phenoxy) is 4. The van der Waals surface area contributed by atoms with Crippen LogP contribution in [0.1, 0.15) is 5.76 Å². The van der Waals surface area contributed by atoms with E-state index < -0.39 is 0 Å². The number of methoxy groups -OCH3 is 2. The third-order valence-electron chi connectivity index (χ3n) is 4.28. The molecule has 0 aliphatic carbocycles. The molecule has 26 heavy (non-hydrogen) atoms. The SMILES string of the molecule is COCOc1ccc(OCOC)c(N2CCN(Cc3ccco3)CC2)c1. The van der Waals surface area contributed by atoms with E-state index in [4.69, 9.17) is 23.4 Å². The van der Waals surface area contributed by atoms with Crippen molar-refractivity contribution in [2.45, 2.75) is 6.54 Å². The molecule has 0 atom stereocenters.